The highest BCUT2D eigenvalue weighted by molar-refractivity contribution is 7.99. The van der Waals surface area contributed by atoms with Crippen LogP contribution in [0, 0.1) is 0 Å². The normalized spacial score (nSPS) is 10.5. The number of aryl methyl sites for hydroxylation is 1. The van der Waals surface area contributed by atoms with Gasteiger partial charge >= 0.3 is 5.56 Å². The van der Waals surface area contributed by atoms with E-state index >= 15 is 0 Å². The van der Waals surface area contributed by atoms with Crippen LogP contribution in [0.5, 0.6) is 5.75 Å². The molecule has 2 rings (SSSR count). The average molecular weight is 283 g/mol. The number of benzene rings is 1. The molecule has 0 unspecified atom stereocenters. The maximum absolute atomic E-state index is 10.9. The summed E-state index contributed by atoms with van der Waals surface area (Å²) in [6, 6.07) is 9.02. The summed E-state index contributed by atoms with van der Waals surface area (Å²) >= 11 is 7.27. The van der Waals surface area contributed by atoms with Gasteiger partial charge in [0, 0.05) is 16.8 Å². The van der Waals surface area contributed by atoms with Gasteiger partial charge in [-0.05, 0) is 24.1 Å². The molecule has 2 aromatic rings. The van der Waals surface area contributed by atoms with Gasteiger partial charge in [0.25, 0.3) is 0 Å². The van der Waals surface area contributed by atoms with E-state index < -0.39 is 5.56 Å². The zero-order valence-corrected chi connectivity index (χ0v) is 11.0. The molecule has 0 spiro atoms. The molecule has 0 atom stereocenters. The van der Waals surface area contributed by atoms with Gasteiger partial charge in [0.1, 0.15) is 5.03 Å². The molecule has 2 N–H and O–H groups in total. The standard InChI is InChI=1S/C12H11ClN2O2S/c13-9-3-1-8(2-4-9)5-6-18-11-7-10(16)12(17)15-14-11/h1-4,7H,5-6H2,(H,14,16)(H,15,17). The van der Waals surface area contributed by atoms with Gasteiger partial charge in [-0.1, -0.05) is 23.7 Å². The molecule has 0 aliphatic carbocycles. The minimum Gasteiger partial charge on any atom is -0.503 e. The first-order chi connectivity index (χ1) is 8.65. The lowest BCUT2D eigenvalue weighted by molar-refractivity contribution is 0.460. The van der Waals surface area contributed by atoms with Crippen molar-refractivity contribution in [2.24, 2.45) is 0 Å². The Bertz CT molecular complexity index is 583. The lowest BCUT2D eigenvalue weighted by Crippen LogP contribution is -2.07. The van der Waals surface area contributed by atoms with Crippen molar-refractivity contribution in [3.05, 3.63) is 51.3 Å². The Kier molecular flexibility index (Phi) is 4.28. The van der Waals surface area contributed by atoms with E-state index in [-0.39, 0.29) is 5.75 Å². The first kappa shape index (κ1) is 13.0. The third-order valence-corrected chi connectivity index (χ3v) is 3.48. The Labute approximate surface area is 113 Å². The molecule has 6 heteroatoms. The van der Waals surface area contributed by atoms with Crippen LogP contribution in [-0.2, 0) is 6.42 Å². The van der Waals surface area contributed by atoms with Crippen LogP contribution in [0.2, 0.25) is 5.02 Å². The summed E-state index contributed by atoms with van der Waals surface area (Å²) in [4.78, 5) is 10.9. The third-order valence-electron chi connectivity index (χ3n) is 2.31. The fourth-order valence-corrected chi connectivity index (χ4v) is 2.35. The largest absolute Gasteiger partial charge is 0.503 e. The molecule has 0 saturated carbocycles. The van der Waals surface area contributed by atoms with E-state index in [0.717, 1.165) is 17.2 Å². The maximum Gasteiger partial charge on any atom is 0.306 e. The van der Waals surface area contributed by atoms with Crippen molar-refractivity contribution in [1.82, 2.24) is 10.2 Å². The Morgan fingerprint density at radius 2 is 2.06 bits per heavy atom. The summed E-state index contributed by atoms with van der Waals surface area (Å²) < 4.78 is 0. The number of nitrogens with zero attached hydrogens (tertiary/aromatic N) is 1. The van der Waals surface area contributed by atoms with E-state index in [1.165, 1.54) is 23.4 Å². The second-order valence-corrected chi connectivity index (χ2v) is 5.20. The minimum absolute atomic E-state index is 0.306. The molecule has 0 amide bonds. The highest BCUT2D eigenvalue weighted by Crippen LogP contribution is 2.18. The van der Waals surface area contributed by atoms with Gasteiger partial charge < -0.3 is 5.11 Å². The monoisotopic (exact) mass is 282 g/mol. The summed E-state index contributed by atoms with van der Waals surface area (Å²) in [6.45, 7) is 0. The maximum atomic E-state index is 10.9. The summed E-state index contributed by atoms with van der Waals surface area (Å²) in [7, 11) is 0. The van der Waals surface area contributed by atoms with Gasteiger partial charge in [-0.3, -0.25) is 4.79 Å². The molecule has 0 aliphatic rings. The van der Waals surface area contributed by atoms with Crippen LogP contribution in [0.4, 0.5) is 0 Å². The highest BCUT2D eigenvalue weighted by Gasteiger charge is 2.02. The average Bonchev–Trinajstić information content (AvgIpc) is 2.36. The zero-order chi connectivity index (χ0) is 13.0. The zero-order valence-electron chi connectivity index (χ0n) is 9.39. The van der Waals surface area contributed by atoms with Gasteiger partial charge in [-0.25, -0.2) is 5.10 Å². The second kappa shape index (κ2) is 5.93. The number of H-pyrrole nitrogens is 1. The molecule has 18 heavy (non-hydrogen) atoms. The number of aromatic hydroxyl groups is 1. The number of rotatable bonds is 4. The number of thioether (sulfide) groups is 1. The van der Waals surface area contributed by atoms with Crippen molar-refractivity contribution in [3.63, 3.8) is 0 Å². The fraction of sp³-hybridized carbons (Fsp3) is 0.167. The molecule has 1 aromatic heterocycles. The number of hydrogen-bond acceptors (Lipinski definition) is 4. The van der Waals surface area contributed by atoms with Crippen LogP contribution in [0.3, 0.4) is 0 Å². The molecule has 4 nitrogen and oxygen atoms in total. The molecule has 1 heterocycles. The van der Waals surface area contributed by atoms with Crippen molar-refractivity contribution in [2.75, 3.05) is 5.75 Å². The van der Waals surface area contributed by atoms with Crippen molar-refractivity contribution < 1.29 is 5.11 Å². The van der Waals surface area contributed by atoms with E-state index in [1.807, 2.05) is 24.3 Å². The van der Waals surface area contributed by atoms with Gasteiger partial charge in [0.05, 0.1) is 0 Å². The Hall–Kier alpha value is -1.46. The third kappa shape index (κ3) is 3.51. The molecule has 0 saturated heterocycles. The van der Waals surface area contributed by atoms with E-state index in [2.05, 4.69) is 10.2 Å². The lowest BCUT2D eigenvalue weighted by atomic mass is 10.2. The molecule has 0 aliphatic heterocycles. The van der Waals surface area contributed by atoms with Gasteiger partial charge in [-0.15, -0.1) is 11.8 Å². The molecular formula is C12H11ClN2O2S. The molecule has 0 fully saturated rings. The van der Waals surface area contributed by atoms with Crippen LogP contribution in [0.25, 0.3) is 0 Å². The number of aromatic nitrogens is 2. The van der Waals surface area contributed by atoms with Gasteiger partial charge in [0.15, 0.2) is 5.75 Å². The summed E-state index contributed by atoms with van der Waals surface area (Å²) in [5.41, 5.74) is 0.609. The van der Waals surface area contributed by atoms with E-state index in [1.54, 1.807) is 0 Å². The summed E-state index contributed by atoms with van der Waals surface area (Å²) in [6.07, 6.45) is 0.864. The molecule has 1 aromatic carbocycles. The first-order valence-corrected chi connectivity index (χ1v) is 6.67. The van der Waals surface area contributed by atoms with Crippen LogP contribution in [0.15, 0.2) is 40.2 Å². The van der Waals surface area contributed by atoms with E-state index in [4.69, 9.17) is 11.6 Å². The topological polar surface area (TPSA) is 66.0 Å². The second-order valence-electron chi connectivity index (χ2n) is 3.65. The fourth-order valence-electron chi connectivity index (χ4n) is 1.38. The quantitative estimate of drug-likeness (QED) is 0.846. The summed E-state index contributed by atoms with van der Waals surface area (Å²) in [5.74, 6) is 0.499. The lowest BCUT2D eigenvalue weighted by Gasteiger charge is -2.02. The van der Waals surface area contributed by atoms with Crippen molar-refractivity contribution in [3.8, 4) is 5.75 Å². The smallest absolute Gasteiger partial charge is 0.306 e. The molecule has 0 bridgehead atoms. The molecule has 94 valence electrons. The van der Waals surface area contributed by atoms with Crippen molar-refractivity contribution in [2.45, 2.75) is 11.4 Å². The Morgan fingerprint density at radius 1 is 1.33 bits per heavy atom. The van der Waals surface area contributed by atoms with Crippen LogP contribution in [0.1, 0.15) is 5.56 Å². The van der Waals surface area contributed by atoms with E-state index in [9.17, 15) is 9.90 Å². The SMILES string of the molecule is O=c1[nH]nc(SCCc2ccc(Cl)cc2)cc1O. The Balaban J connectivity index is 1.90. The van der Waals surface area contributed by atoms with Crippen molar-refractivity contribution >= 4 is 23.4 Å². The number of aromatic amines is 1. The summed E-state index contributed by atoms with van der Waals surface area (Å²) in [5, 5.41) is 16.6. The highest BCUT2D eigenvalue weighted by atomic mass is 35.5. The number of nitrogens with one attached hydrogen (secondary N) is 1. The van der Waals surface area contributed by atoms with Crippen LogP contribution >= 0.6 is 23.4 Å². The van der Waals surface area contributed by atoms with Crippen LogP contribution in [-0.4, -0.2) is 21.1 Å². The van der Waals surface area contributed by atoms with Gasteiger partial charge in [-0.2, -0.15) is 5.10 Å². The van der Waals surface area contributed by atoms with Crippen molar-refractivity contribution in [1.29, 1.82) is 0 Å². The van der Waals surface area contributed by atoms with Gasteiger partial charge in [0.2, 0.25) is 0 Å². The minimum atomic E-state index is -0.572. The predicted molar refractivity (Wildman–Crippen MR) is 72.4 cm³/mol. The molecule has 0 radical (unpaired) electrons. The molecular weight excluding hydrogens is 272 g/mol. The van der Waals surface area contributed by atoms with E-state index in [0.29, 0.717) is 5.03 Å². The Morgan fingerprint density at radius 3 is 2.72 bits per heavy atom. The number of hydrogen-bond donors (Lipinski definition) is 2. The first-order valence-electron chi connectivity index (χ1n) is 5.31. The number of halogens is 1. The predicted octanol–water partition coefficient (Wildman–Crippen LogP) is 2.46. The van der Waals surface area contributed by atoms with Crippen LogP contribution < -0.4 is 5.56 Å².